The molecule has 0 fully saturated rings. The number of carbonyl (C=O) groups excluding carboxylic acids is 1. The first-order valence-corrected chi connectivity index (χ1v) is 7.40. The minimum atomic E-state index is -0.749. The molecule has 5 heteroatoms. The lowest BCUT2D eigenvalue weighted by Crippen LogP contribution is -2.40. The number of carbonyl (C=O) groups is 1. The summed E-state index contributed by atoms with van der Waals surface area (Å²) in [5, 5.41) is 12.4. The van der Waals surface area contributed by atoms with E-state index in [0.29, 0.717) is 6.54 Å². The molecule has 0 bridgehead atoms. The van der Waals surface area contributed by atoms with Gasteiger partial charge in [-0.15, -0.1) is 0 Å². The van der Waals surface area contributed by atoms with Crippen LogP contribution in [-0.2, 0) is 22.7 Å². The fraction of sp³-hybridized carbons (Fsp3) is 0.278. The first-order chi connectivity index (χ1) is 11.2. The van der Waals surface area contributed by atoms with Gasteiger partial charge in [0.05, 0.1) is 13.7 Å². The summed E-state index contributed by atoms with van der Waals surface area (Å²) in [6.07, 6.45) is 0. The summed E-state index contributed by atoms with van der Waals surface area (Å²) in [6.45, 7) is 0.333. The Kier molecular flexibility index (Phi) is 6.59. The molecule has 1 atom stereocenters. The zero-order valence-electron chi connectivity index (χ0n) is 13.1. The van der Waals surface area contributed by atoms with E-state index in [1.807, 2.05) is 54.6 Å². The highest BCUT2D eigenvalue weighted by atomic mass is 16.5. The molecule has 0 radical (unpaired) electrons. The maximum Gasteiger partial charge on any atom is 0.325 e. The summed E-state index contributed by atoms with van der Waals surface area (Å²) in [6, 6.07) is 16.2. The fourth-order valence-electron chi connectivity index (χ4n) is 2.04. The highest BCUT2D eigenvalue weighted by Gasteiger charge is 2.18. The van der Waals surface area contributed by atoms with Gasteiger partial charge < -0.3 is 14.6 Å². The molecule has 0 heterocycles. The van der Waals surface area contributed by atoms with Crippen molar-refractivity contribution in [3.63, 3.8) is 0 Å². The lowest BCUT2D eigenvalue weighted by molar-refractivity contribution is -0.148. The van der Waals surface area contributed by atoms with E-state index in [2.05, 4.69) is 5.32 Å². The van der Waals surface area contributed by atoms with Gasteiger partial charge in [0, 0.05) is 6.54 Å². The van der Waals surface area contributed by atoms with E-state index >= 15 is 0 Å². The predicted octanol–water partition coefficient (Wildman–Crippen LogP) is 1.89. The number of hydrogen-bond donors (Lipinski definition) is 2. The summed E-state index contributed by atoms with van der Waals surface area (Å²) in [5.41, 5.74) is 1.90. The van der Waals surface area contributed by atoms with Crippen molar-refractivity contribution in [2.45, 2.75) is 19.2 Å². The van der Waals surface area contributed by atoms with Crippen LogP contribution in [0.4, 0.5) is 0 Å². The van der Waals surface area contributed by atoms with Crippen molar-refractivity contribution in [2.75, 3.05) is 13.7 Å². The zero-order valence-corrected chi connectivity index (χ0v) is 13.1. The number of ether oxygens (including phenoxy) is 2. The Morgan fingerprint density at radius 1 is 1.09 bits per heavy atom. The van der Waals surface area contributed by atoms with Gasteiger partial charge in [0.15, 0.2) is 0 Å². The molecule has 0 aliphatic rings. The molecule has 2 N–H and O–H groups in total. The Bertz CT molecular complexity index is 598. The molecule has 2 rings (SSSR count). The van der Waals surface area contributed by atoms with Crippen LogP contribution in [0, 0.1) is 0 Å². The maximum absolute atomic E-state index is 12.0. The number of methoxy groups -OCH3 is 1. The maximum atomic E-state index is 12.0. The molecule has 0 aliphatic heterocycles. The molecule has 5 nitrogen and oxygen atoms in total. The Hall–Kier alpha value is -2.37. The van der Waals surface area contributed by atoms with Crippen LogP contribution < -0.4 is 10.1 Å². The average molecular weight is 315 g/mol. The second-order valence-electron chi connectivity index (χ2n) is 5.06. The number of nitrogens with one attached hydrogen (secondary N) is 1. The number of benzene rings is 2. The van der Waals surface area contributed by atoms with Gasteiger partial charge in [0.25, 0.3) is 0 Å². The van der Waals surface area contributed by atoms with Gasteiger partial charge in [-0.05, 0) is 23.3 Å². The van der Waals surface area contributed by atoms with Crippen LogP contribution in [-0.4, -0.2) is 30.8 Å². The highest BCUT2D eigenvalue weighted by Crippen LogP contribution is 2.11. The topological polar surface area (TPSA) is 67.8 Å². The van der Waals surface area contributed by atoms with Gasteiger partial charge in [0.2, 0.25) is 0 Å². The molecule has 0 saturated heterocycles. The van der Waals surface area contributed by atoms with Crippen LogP contribution in [0.2, 0.25) is 0 Å². The van der Waals surface area contributed by atoms with E-state index in [1.54, 1.807) is 7.11 Å². The van der Waals surface area contributed by atoms with Gasteiger partial charge in [-0.2, -0.15) is 0 Å². The number of aliphatic hydroxyl groups is 1. The first kappa shape index (κ1) is 17.0. The van der Waals surface area contributed by atoms with E-state index in [1.165, 1.54) is 0 Å². The average Bonchev–Trinajstić information content (AvgIpc) is 2.62. The molecule has 0 saturated carbocycles. The van der Waals surface area contributed by atoms with Crippen LogP contribution >= 0.6 is 0 Å². The third-order valence-electron chi connectivity index (χ3n) is 3.40. The molecule has 2 aromatic carbocycles. The molecule has 0 spiro atoms. The van der Waals surface area contributed by atoms with Crippen LogP contribution in [0.1, 0.15) is 11.1 Å². The minimum absolute atomic E-state index is 0.195. The van der Waals surface area contributed by atoms with Crippen molar-refractivity contribution in [1.82, 2.24) is 5.32 Å². The normalized spacial score (nSPS) is 11.7. The van der Waals surface area contributed by atoms with Crippen LogP contribution in [0.25, 0.3) is 0 Å². The molecule has 0 aliphatic carbocycles. The number of rotatable bonds is 8. The van der Waals surface area contributed by atoms with E-state index in [4.69, 9.17) is 9.47 Å². The quantitative estimate of drug-likeness (QED) is 0.728. The lowest BCUT2D eigenvalue weighted by Gasteiger charge is -2.15. The molecule has 122 valence electrons. The molecular formula is C18H21NO4. The third kappa shape index (κ3) is 5.39. The smallest absolute Gasteiger partial charge is 0.325 e. The molecule has 23 heavy (non-hydrogen) atoms. The summed E-state index contributed by atoms with van der Waals surface area (Å²) in [7, 11) is 1.61. The van der Waals surface area contributed by atoms with Gasteiger partial charge in [-0.3, -0.25) is 10.1 Å². The predicted molar refractivity (Wildman–Crippen MR) is 86.9 cm³/mol. The van der Waals surface area contributed by atoms with Crippen molar-refractivity contribution in [3.05, 3.63) is 65.7 Å². The number of esters is 1. The zero-order chi connectivity index (χ0) is 16.5. The van der Waals surface area contributed by atoms with Crippen molar-refractivity contribution in [1.29, 1.82) is 0 Å². The SMILES string of the molecule is COc1ccc(CN[C@@H](CO)C(=O)OCc2ccccc2)cc1. The van der Waals surface area contributed by atoms with Crippen molar-refractivity contribution >= 4 is 5.97 Å². The third-order valence-corrected chi connectivity index (χ3v) is 3.40. The van der Waals surface area contributed by atoms with Gasteiger partial charge in [-0.1, -0.05) is 42.5 Å². The van der Waals surface area contributed by atoms with E-state index in [-0.39, 0.29) is 13.2 Å². The van der Waals surface area contributed by atoms with Gasteiger partial charge in [-0.25, -0.2) is 0 Å². The molecule has 0 amide bonds. The number of aliphatic hydroxyl groups excluding tert-OH is 1. The minimum Gasteiger partial charge on any atom is -0.497 e. The van der Waals surface area contributed by atoms with Gasteiger partial charge >= 0.3 is 5.97 Å². The van der Waals surface area contributed by atoms with Crippen LogP contribution in [0.3, 0.4) is 0 Å². The van der Waals surface area contributed by atoms with Gasteiger partial charge in [0.1, 0.15) is 18.4 Å². The van der Waals surface area contributed by atoms with E-state index in [0.717, 1.165) is 16.9 Å². The van der Waals surface area contributed by atoms with Crippen molar-refractivity contribution in [2.24, 2.45) is 0 Å². The Labute approximate surface area is 135 Å². The van der Waals surface area contributed by atoms with Crippen molar-refractivity contribution < 1.29 is 19.4 Å². The number of hydrogen-bond acceptors (Lipinski definition) is 5. The Morgan fingerprint density at radius 2 is 1.78 bits per heavy atom. The van der Waals surface area contributed by atoms with E-state index in [9.17, 15) is 9.90 Å². The summed E-state index contributed by atoms with van der Waals surface area (Å²) >= 11 is 0. The second-order valence-corrected chi connectivity index (χ2v) is 5.06. The largest absolute Gasteiger partial charge is 0.497 e. The summed E-state index contributed by atoms with van der Waals surface area (Å²) in [4.78, 5) is 12.0. The monoisotopic (exact) mass is 315 g/mol. The Balaban J connectivity index is 1.82. The van der Waals surface area contributed by atoms with Crippen LogP contribution in [0.15, 0.2) is 54.6 Å². The molecule has 0 aromatic heterocycles. The fourth-order valence-corrected chi connectivity index (χ4v) is 2.04. The lowest BCUT2D eigenvalue weighted by atomic mass is 10.2. The second kappa shape index (κ2) is 8.92. The first-order valence-electron chi connectivity index (χ1n) is 7.40. The summed E-state index contributed by atoms with van der Waals surface area (Å²) < 4.78 is 10.3. The van der Waals surface area contributed by atoms with E-state index < -0.39 is 12.0 Å². The van der Waals surface area contributed by atoms with Crippen LogP contribution in [0.5, 0.6) is 5.75 Å². The summed E-state index contributed by atoms with van der Waals surface area (Å²) in [5.74, 6) is 0.305. The Morgan fingerprint density at radius 3 is 2.39 bits per heavy atom. The molecular weight excluding hydrogens is 294 g/mol. The standard InChI is InChI=1S/C18H21NO4/c1-22-16-9-7-14(8-10-16)11-19-17(12-20)18(21)23-13-15-5-3-2-4-6-15/h2-10,17,19-20H,11-13H2,1H3/t17-/m0/s1. The molecule has 2 aromatic rings. The molecule has 0 unspecified atom stereocenters. The highest BCUT2D eigenvalue weighted by molar-refractivity contribution is 5.75. The van der Waals surface area contributed by atoms with Crippen molar-refractivity contribution in [3.8, 4) is 5.75 Å².